The van der Waals surface area contributed by atoms with E-state index in [4.69, 9.17) is 5.11 Å². The number of rotatable bonds is 1. The van der Waals surface area contributed by atoms with Crippen molar-refractivity contribution in [2.24, 2.45) is 0 Å². The number of carbonyl (C=O) groups is 3. The van der Waals surface area contributed by atoms with Gasteiger partial charge < -0.3 is 15.7 Å². The number of nitrogens with one attached hydrogen (secondary N) is 2. The molecule has 6 nitrogen and oxygen atoms in total. The summed E-state index contributed by atoms with van der Waals surface area (Å²) in [4.78, 5) is 35.0. The van der Waals surface area contributed by atoms with E-state index in [1.54, 1.807) is 6.07 Å². The highest BCUT2D eigenvalue weighted by Crippen LogP contribution is 2.38. The van der Waals surface area contributed by atoms with Crippen molar-refractivity contribution >= 4 is 23.3 Å². The predicted octanol–water partition coefficient (Wildman–Crippen LogP) is 0.351. The van der Waals surface area contributed by atoms with Crippen molar-refractivity contribution in [2.75, 3.05) is 11.9 Å². The highest BCUT2D eigenvalue weighted by molar-refractivity contribution is 6.02. The number of hydrogen-bond acceptors (Lipinski definition) is 4. The average Bonchev–Trinajstić information content (AvgIpc) is 2.70. The van der Waals surface area contributed by atoms with Crippen LogP contribution in [0.1, 0.15) is 28.3 Å². The predicted molar refractivity (Wildman–Crippen MR) is 66.2 cm³/mol. The topological polar surface area (TPSA) is 95.5 Å². The molecule has 19 heavy (non-hydrogen) atoms. The molecule has 2 aliphatic heterocycles. The zero-order valence-electron chi connectivity index (χ0n) is 9.97. The van der Waals surface area contributed by atoms with Crippen LogP contribution in [0.2, 0.25) is 0 Å². The number of aromatic carboxylic acids is 1. The second-order valence-electron chi connectivity index (χ2n) is 4.71. The Morgan fingerprint density at radius 3 is 2.84 bits per heavy atom. The van der Waals surface area contributed by atoms with Gasteiger partial charge in [-0.05, 0) is 23.8 Å². The Morgan fingerprint density at radius 2 is 2.11 bits per heavy atom. The number of carboxylic acid groups (broad SMARTS) is 1. The van der Waals surface area contributed by atoms with Crippen LogP contribution >= 0.6 is 0 Å². The molecule has 2 unspecified atom stereocenters. The number of carbonyl (C=O) groups excluding carboxylic acids is 2. The molecule has 0 aliphatic carbocycles. The van der Waals surface area contributed by atoms with E-state index in [1.807, 2.05) is 0 Å². The van der Waals surface area contributed by atoms with E-state index in [0.717, 1.165) is 0 Å². The maximum Gasteiger partial charge on any atom is 0.335 e. The van der Waals surface area contributed by atoms with Crippen LogP contribution in [0.15, 0.2) is 18.2 Å². The third-order valence-corrected chi connectivity index (χ3v) is 3.58. The summed E-state index contributed by atoms with van der Waals surface area (Å²) in [5.74, 6) is -1.89. The van der Waals surface area contributed by atoms with Crippen LogP contribution in [0.4, 0.5) is 5.69 Å². The van der Waals surface area contributed by atoms with Crippen LogP contribution in [0, 0.1) is 0 Å². The number of hydrogen-bond donors (Lipinski definition) is 3. The van der Waals surface area contributed by atoms with E-state index in [2.05, 4.69) is 10.6 Å². The van der Waals surface area contributed by atoms with Crippen molar-refractivity contribution in [3.8, 4) is 0 Å². The molecule has 0 aromatic heterocycles. The lowest BCUT2D eigenvalue weighted by Crippen LogP contribution is -2.39. The second-order valence-corrected chi connectivity index (χ2v) is 4.71. The first kappa shape index (κ1) is 11.7. The lowest BCUT2D eigenvalue weighted by Gasteiger charge is -2.13. The molecule has 2 atom stereocenters. The molecule has 0 saturated carbocycles. The van der Waals surface area contributed by atoms with Gasteiger partial charge in [-0.2, -0.15) is 0 Å². The molecule has 2 heterocycles. The summed E-state index contributed by atoms with van der Waals surface area (Å²) in [7, 11) is 0. The fourth-order valence-electron chi connectivity index (χ4n) is 2.67. The minimum absolute atomic E-state index is 0.0443. The highest BCUT2D eigenvalue weighted by Gasteiger charge is 2.42. The number of fused-ring (bicyclic) bond motifs is 3. The number of Topliss-reactive ketones (excluding diaryl/α,β-unsaturated/α-hetero) is 1. The summed E-state index contributed by atoms with van der Waals surface area (Å²) >= 11 is 0. The molecule has 1 fully saturated rings. The number of anilines is 1. The van der Waals surface area contributed by atoms with Crippen molar-refractivity contribution in [1.82, 2.24) is 5.32 Å². The first-order valence-corrected chi connectivity index (χ1v) is 6.02. The van der Waals surface area contributed by atoms with Crippen LogP contribution in [0.25, 0.3) is 0 Å². The molecule has 98 valence electrons. The van der Waals surface area contributed by atoms with Crippen molar-refractivity contribution in [3.63, 3.8) is 0 Å². The number of benzene rings is 1. The third-order valence-electron chi connectivity index (χ3n) is 3.58. The number of carboxylic acids is 1. The van der Waals surface area contributed by atoms with E-state index >= 15 is 0 Å². The van der Waals surface area contributed by atoms with Gasteiger partial charge in [-0.1, -0.05) is 0 Å². The van der Waals surface area contributed by atoms with Crippen LogP contribution in [-0.2, 0) is 9.59 Å². The third kappa shape index (κ3) is 1.76. The molecular formula is C13H12N2O4. The van der Waals surface area contributed by atoms with Crippen molar-refractivity contribution in [3.05, 3.63) is 29.3 Å². The maximum atomic E-state index is 12.1. The summed E-state index contributed by atoms with van der Waals surface area (Å²) < 4.78 is 0. The van der Waals surface area contributed by atoms with E-state index in [9.17, 15) is 14.4 Å². The number of ketones is 1. The van der Waals surface area contributed by atoms with Gasteiger partial charge in [0.05, 0.1) is 11.5 Å². The second kappa shape index (κ2) is 4.08. The minimum Gasteiger partial charge on any atom is -0.478 e. The average molecular weight is 260 g/mol. The molecule has 1 amide bonds. The van der Waals surface area contributed by atoms with E-state index in [1.165, 1.54) is 12.1 Å². The summed E-state index contributed by atoms with van der Waals surface area (Å²) in [5.41, 5.74) is 1.39. The molecule has 3 rings (SSSR count). The standard InChI is InChI=1S/C13H12N2O4/c16-9-3-4-14-12(17)11-10(9)7-5-6(13(18)19)1-2-8(7)15-11/h1-2,5,10-11,15H,3-4H2,(H,14,17)(H,18,19). The summed E-state index contributed by atoms with van der Waals surface area (Å²) in [5, 5.41) is 14.7. The number of amides is 1. The Morgan fingerprint density at radius 1 is 1.32 bits per heavy atom. The van der Waals surface area contributed by atoms with E-state index < -0.39 is 17.9 Å². The van der Waals surface area contributed by atoms with Gasteiger partial charge in [-0.15, -0.1) is 0 Å². The van der Waals surface area contributed by atoms with Crippen LogP contribution in [0.5, 0.6) is 0 Å². The highest BCUT2D eigenvalue weighted by atomic mass is 16.4. The molecule has 3 N–H and O–H groups in total. The molecule has 0 spiro atoms. The molecule has 0 bridgehead atoms. The Bertz CT molecular complexity index is 596. The Balaban J connectivity index is 2.09. The molecule has 1 aromatic carbocycles. The van der Waals surface area contributed by atoms with Gasteiger partial charge in [0.25, 0.3) is 0 Å². The summed E-state index contributed by atoms with van der Waals surface area (Å²) in [6.45, 7) is 0.334. The fourth-order valence-corrected chi connectivity index (χ4v) is 2.67. The monoisotopic (exact) mass is 260 g/mol. The first-order valence-electron chi connectivity index (χ1n) is 6.02. The van der Waals surface area contributed by atoms with Crippen LogP contribution < -0.4 is 10.6 Å². The van der Waals surface area contributed by atoms with Crippen molar-refractivity contribution < 1.29 is 19.5 Å². The molecule has 1 saturated heterocycles. The summed E-state index contributed by atoms with van der Waals surface area (Å²) in [6.07, 6.45) is 0.269. The van der Waals surface area contributed by atoms with Crippen LogP contribution in [0.3, 0.4) is 0 Å². The first-order chi connectivity index (χ1) is 9.08. The van der Waals surface area contributed by atoms with Gasteiger partial charge in [-0.3, -0.25) is 9.59 Å². The van der Waals surface area contributed by atoms with Gasteiger partial charge in [0, 0.05) is 18.7 Å². The lowest BCUT2D eigenvalue weighted by molar-refractivity contribution is -0.124. The van der Waals surface area contributed by atoms with Gasteiger partial charge in [0.15, 0.2) is 0 Å². The van der Waals surface area contributed by atoms with Gasteiger partial charge in [0.2, 0.25) is 5.91 Å². The zero-order valence-corrected chi connectivity index (χ0v) is 9.97. The van der Waals surface area contributed by atoms with Gasteiger partial charge >= 0.3 is 5.97 Å². The smallest absolute Gasteiger partial charge is 0.335 e. The van der Waals surface area contributed by atoms with Gasteiger partial charge in [0.1, 0.15) is 11.8 Å². The van der Waals surface area contributed by atoms with Crippen molar-refractivity contribution in [1.29, 1.82) is 0 Å². The molecular weight excluding hydrogens is 248 g/mol. The quantitative estimate of drug-likeness (QED) is 0.677. The summed E-state index contributed by atoms with van der Waals surface area (Å²) in [6, 6.07) is 3.91. The maximum absolute atomic E-state index is 12.1. The molecule has 2 aliphatic rings. The molecule has 1 aromatic rings. The van der Waals surface area contributed by atoms with E-state index in [-0.39, 0.29) is 23.7 Å². The fraction of sp³-hybridized carbons (Fsp3) is 0.308. The zero-order chi connectivity index (χ0) is 13.6. The minimum atomic E-state index is -1.04. The molecule has 6 heteroatoms. The largest absolute Gasteiger partial charge is 0.478 e. The Kier molecular flexibility index (Phi) is 2.51. The SMILES string of the molecule is O=C(O)c1ccc2c(c1)C1C(=O)CCNC(=O)C1N2. The normalized spacial score (nSPS) is 24.8. The Labute approximate surface area is 108 Å². The van der Waals surface area contributed by atoms with E-state index in [0.29, 0.717) is 17.8 Å². The lowest BCUT2D eigenvalue weighted by atomic mass is 9.89. The Hall–Kier alpha value is -2.37. The van der Waals surface area contributed by atoms with Gasteiger partial charge in [-0.25, -0.2) is 4.79 Å². The van der Waals surface area contributed by atoms with Crippen molar-refractivity contribution in [2.45, 2.75) is 18.4 Å². The molecule has 0 radical (unpaired) electrons. The van der Waals surface area contributed by atoms with Crippen LogP contribution in [-0.4, -0.2) is 35.4 Å².